The third-order valence-corrected chi connectivity index (χ3v) is 3.69. The van der Waals surface area contributed by atoms with E-state index in [1.807, 2.05) is 0 Å². The highest BCUT2D eigenvalue weighted by atomic mass is 16.5. The highest BCUT2D eigenvalue weighted by molar-refractivity contribution is 4.56. The van der Waals surface area contributed by atoms with Gasteiger partial charge < -0.3 is 4.74 Å². The first-order valence-electron chi connectivity index (χ1n) is 8.46. The Balaban J connectivity index is 3.27. The Bertz CT molecular complexity index is 145. The molecule has 0 radical (unpaired) electrons. The average molecular weight is 256 g/mol. The van der Waals surface area contributed by atoms with Crippen molar-refractivity contribution in [3.05, 3.63) is 0 Å². The fraction of sp³-hybridized carbons (Fsp3) is 1.00. The lowest BCUT2D eigenvalue weighted by molar-refractivity contribution is 0.0407. The minimum absolute atomic E-state index is 0.525. The van der Waals surface area contributed by atoms with Gasteiger partial charge in [0.1, 0.15) is 0 Å². The smallest absolute Gasteiger partial charge is 0.0572 e. The molecule has 1 nitrogen and oxygen atoms in total. The summed E-state index contributed by atoms with van der Waals surface area (Å²) >= 11 is 0. The summed E-state index contributed by atoms with van der Waals surface area (Å²) in [5, 5.41) is 0. The van der Waals surface area contributed by atoms with Crippen LogP contribution in [0.2, 0.25) is 0 Å². The van der Waals surface area contributed by atoms with E-state index in [9.17, 15) is 0 Å². The molecule has 0 aromatic heterocycles. The van der Waals surface area contributed by atoms with Crippen LogP contribution in [0.25, 0.3) is 0 Å². The first-order valence-corrected chi connectivity index (χ1v) is 8.46. The fourth-order valence-corrected chi connectivity index (χ4v) is 2.34. The van der Waals surface area contributed by atoms with Gasteiger partial charge in [0.2, 0.25) is 0 Å². The van der Waals surface area contributed by atoms with Gasteiger partial charge in [-0.1, -0.05) is 78.6 Å². The quantitative estimate of drug-likeness (QED) is 0.341. The van der Waals surface area contributed by atoms with Crippen molar-refractivity contribution in [1.29, 1.82) is 0 Å². The SMILES string of the molecule is CCCCCCCCO[C@@H](CC)CCCCCC. The van der Waals surface area contributed by atoms with Gasteiger partial charge in [-0.3, -0.25) is 0 Å². The Hall–Kier alpha value is -0.0400. The molecule has 0 amide bonds. The number of unbranched alkanes of at least 4 members (excludes halogenated alkanes) is 8. The van der Waals surface area contributed by atoms with Crippen molar-refractivity contribution in [1.82, 2.24) is 0 Å². The Morgan fingerprint density at radius 3 is 1.83 bits per heavy atom. The Kier molecular flexibility index (Phi) is 15.0. The van der Waals surface area contributed by atoms with Gasteiger partial charge >= 0.3 is 0 Å². The zero-order valence-corrected chi connectivity index (χ0v) is 13.2. The van der Waals surface area contributed by atoms with E-state index < -0.39 is 0 Å². The summed E-state index contributed by atoms with van der Waals surface area (Å²) in [7, 11) is 0. The molecule has 0 spiro atoms. The number of hydrogen-bond donors (Lipinski definition) is 0. The maximum absolute atomic E-state index is 5.98. The van der Waals surface area contributed by atoms with Crippen molar-refractivity contribution in [2.24, 2.45) is 0 Å². The van der Waals surface area contributed by atoms with Crippen molar-refractivity contribution in [2.45, 2.75) is 104 Å². The van der Waals surface area contributed by atoms with Crippen LogP contribution >= 0.6 is 0 Å². The monoisotopic (exact) mass is 256 g/mol. The normalized spacial score (nSPS) is 12.8. The molecule has 0 aromatic carbocycles. The maximum Gasteiger partial charge on any atom is 0.0572 e. The number of ether oxygens (including phenoxy) is 1. The van der Waals surface area contributed by atoms with E-state index in [1.165, 1.54) is 77.0 Å². The lowest BCUT2D eigenvalue weighted by Crippen LogP contribution is -2.12. The van der Waals surface area contributed by atoms with Crippen LogP contribution in [0.5, 0.6) is 0 Å². The first kappa shape index (κ1) is 18.0. The van der Waals surface area contributed by atoms with Crippen LogP contribution in [0.15, 0.2) is 0 Å². The molecule has 0 aromatic rings. The Morgan fingerprint density at radius 1 is 0.667 bits per heavy atom. The van der Waals surface area contributed by atoms with E-state index in [1.54, 1.807) is 0 Å². The summed E-state index contributed by atoms with van der Waals surface area (Å²) in [6, 6.07) is 0. The van der Waals surface area contributed by atoms with Crippen LogP contribution < -0.4 is 0 Å². The standard InChI is InChI=1S/C17H36O/c1-4-7-9-11-12-14-16-18-17(6-3)15-13-10-8-5-2/h17H,4-16H2,1-3H3/t17-/m0/s1. The van der Waals surface area contributed by atoms with Crippen LogP contribution in [0.4, 0.5) is 0 Å². The summed E-state index contributed by atoms with van der Waals surface area (Å²) in [4.78, 5) is 0. The van der Waals surface area contributed by atoms with E-state index >= 15 is 0 Å². The summed E-state index contributed by atoms with van der Waals surface area (Å²) in [5.74, 6) is 0. The molecule has 1 heteroatoms. The fourth-order valence-electron chi connectivity index (χ4n) is 2.34. The molecular weight excluding hydrogens is 220 g/mol. The average Bonchev–Trinajstić information content (AvgIpc) is 2.40. The van der Waals surface area contributed by atoms with Crippen molar-refractivity contribution in [3.63, 3.8) is 0 Å². The van der Waals surface area contributed by atoms with Gasteiger partial charge in [0.25, 0.3) is 0 Å². The molecule has 0 saturated heterocycles. The van der Waals surface area contributed by atoms with Crippen molar-refractivity contribution >= 4 is 0 Å². The second-order valence-electron chi connectivity index (χ2n) is 5.52. The zero-order chi connectivity index (χ0) is 13.5. The third kappa shape index (κ3) is 12.4. The number of rotatable bonds is 14. The molecule has 0 aliphatic carbocycles. The highest BCUT2D eigenvalue weighted by Crippen LogP contribution is 2.12. The van der Waals surface area contributed by atoms with Gasteiger partial charge in [0.15, 0.2) is 0 Å². The van der Waals surface area contributed by atoms with Crippen LogP contribution in [0.3, 0.4) is 0 Å². The molecule has 1 atom stereocenters. The highest BCUT2D eigenvalue weighted by Gasteiger charge is 2.05. The topological polar surface area (TPSA) is 9.23 Å². The van der Waals surface area contributed by atoms with E-state index in [0.29, 0.717) is 6.10 Å². The zero-order valence-electron chi connectivity index (χ0n) is 13.2. The molecule has 110 valence electrons. The summed E-state index contributed by atoms with van der Waals surface area (Å²) in [6.45, 7) is 7.78. The molecule has 0 rings (SSSR count). The molecule has 0 aliphatic heterocycles. The van der Waals surface area contributed by atoms with Gasteiger partial charge in [0, 0.05) is 6.61 Å². The molecule has 0 unspecified atom stereocenters. The van der Waals surface area contributed by atoms with Gasteiger partial charge in [-0.2, -0.15) is 0 Å². The molecule has 0 bridgehead atoms. The maximum atomic E-state index is 5.98. The molecule has 0 fully saturated rings. The third-order valence-electron chi connectivity index (χ3n) is 3.69. The van der Waals surface area contributed by atoms with E-state index in [2.05, 4.69) is 20.8 Å². The van der Waals surface area contributed by atoms with Crippen molar-refractivity contribution in [2.75, 3.05) is 6.61 Å². The van der Waals surface area contributed by atoms with Crippen LogP contribution in [-0.4, -0.2) is 12.7 Å². The van der Waals surface area contributed by atoms with Gasteiger partial charge in [-0.05, 0) is 19.3 Å². The minimum Gasteiger partial charge on any atom is -0.378 e. The molecular formula is C17H36O. The Labute approximate surface area is 116 Å². The van der Waals surface area contributed by atoms with Gasteiger partial charge in [0.05, 0.1) is 6.10 Å². The lowest BCUT2D eigenvalue weighted by atomic mass is 10.1. The van der Waals surface area contributed by atoms with E-state index in [4.69, 9.17) is 4.74 Å². The van der Waals surface area contributed by atoms with E-state index in [-0.39, 0.29) is 0 Å². The minimum atomic E-state index is 0.525. The van der Waals surface area contributed by atoms with E-state index in [0.717, 1.165) is 6.61 Å². The van der Waals surface area contributed by atoms with Crippen LogP contribution in [0.1, 0.15) is 97.8 Å². The second kappa shape index (κ2) is 15.0. The van der Waals surface area contributed by atoms with Crippen molar-refractivity contribution < 1.29 is 4.74 Å². The lowest BCUT2D eigenvalue weighted by Gasteiger charge is -2.16. The second-order valence-corrected chi connectivity index (χ2v) is 5.52. The van der Waals surface area contributed by atoms with Crippen molar-refractivity contribution in [3.8, 4) is 0 Å². The predicted octanol–water partition coefficient (Wildman–Crippen LogP) is 6.11. The Morgan fingerprint density at radius 2 is 1.22 bits per heavy atom. The summed E-state index contributed by atoms with van der Waals surface area (Å²) < 4.78 is 5.98. The molecule has 0 N–H and O–H groups in total. The largest absolute Gasteiger partial charge is 0.378 e. The van der Waals surface area contributed by atoms with Crippen LogP contribution in [0, 0.1) is 0 Å². The summed E-state index contributed by atoms with van der Waals surface area (Å²) in [6.07, 6.45) is 16.6. The molecule has 0 saturated carbocycles. The molecule has 0 aliphatic rings. The summed E-state index contributed by atoms with van der Waals surface area (Å²) in [5.41, 5.74) is 0. The van der Waals surface area contributed by atoms with Gasteiger partial charge in [-0.25, -0.2) is 0 Å². The molecule has 18 heavy (non-hydrogen) atoms. The predicted molar refractivity (Wildman–Crippen MR) is 82.2 cm³/mol. The molecule has 0 heterocycles. The van der Waals surface area contributed by atoms with Gasteiger partial charge in [-0.15, -0.1) is 0 Å². The first-order chi connectivity index (χ1) is 8.85. The van der Waals surface area contributed by atoms with Crippen LogP contribution in [-0.2, 0) is 4.74 Å². The number of hydrogen-bond acceptors (Lipinski definition) is 1.